The SMILES string of the molecule is C[C@H](Nc1nc(N)ncc1C#N)c1cc2cccc(Cl)c2nc1NC[C@@H]1CCC(=O)N1. The molecule has 158 valence electrons. The number of benzene rings is 1. The molecule has 1 amide bonds. The average Bonchev–Trinajstić information content (AvgIpc) is 3.17. The Balaban J connectivity index is 1.68. The van der Waals surface area contributed by atoms with Crippen molar-refractivity contribution in [2.75, 3.05) is 22.9 Å². The van der Waals surface area contributed by atoms with Crippen molar-refractivity contribution in [3.8, 4) is 6.07 Å². The van der Waals surface area contributed by atoms with Crippen molar-refractivity contribution in [3.05, 3.63) is 46.6 Å². The van der Waals surface area contributed by atoms with E-state index in [1.807, 2.05) is 25.1 Å². The zero-order valence-corrected chi connectivity index (χ0v) is 17.6. The number of halogens is 1. The average molecular weight is 437 g/mol. The number of anilines is 3. The van der Waals surface area contributed by atoms with Gasteiger partial charge >= 0.3 is 0 Å². The molecule has 0 radical (unpaired) electrons. The van der Waals surface area contributed by atoms with Crippen LogP contribution in [0.3, 0.4) is 0 Å². The highest BCUT2D eigenvalue weighted by Gasteiger charge is 2.22. The minimum Gasteiger partial charge on any atom is -0.368 e. The number of fused-ring (bicyclic) bond motifs is 1. The molecule has 3 heterocycles. The summed E-state index contributed by atoms with van der Waals surface area (Å²) in [5.74, 6) is 1.12. The smallest absolute Gasteiger partial charge is 0.222 e. The normalized spacial score (nSPS) is 16.5. The van der Waals surface area contributed by atoms with E-state index in [0.717, 1.165) is 17.4 Å². The Kier molecular flexibility index (Phi) is 5.73. The van der Waals surface area contributed by atoms with Gasteiger partial charge in [-0.1, -0.05) is 23.7 Å². The Morgan fingerprint density at radius 3 is 2.97 bits per heavy atom. The van der Waals surface area contributed by atoms with Crippen molar-refractivity contribution >= 4 is 46.0 Å². The fourth-order valence-corrected chi connectivity index (χ4v) is 3.79. The Hall–Kier alpha value is -3.64. The lowest BCUT2D eigenvalue weighted by molar-refractivity contribution is -0.119. The lowest BCUT2D eigenvalue weighted by Gasteiger charge is -2.21. The number of hydrogen-bond donors (Lipinski definition) is 4. The van der Waals surface area contributed by atoms with Crippen LogP contribution in [0.25, 0.3) is 10.9 Å². The monoisotopic (exact) mass is 436 g/mol. The fourth-order valence-electron chi connectivity index (χ4n) is 3.57. The van der Waals surface area contributed by atoms with Crippen LogP contribution in [-0.4, -0.2) is 33.4 Å². The lowest BCUT2D eigenvalue weighted by atomic mass is 10.1. The first-order valence-electron chi connectivity index (χ1n) is 9.86. The highest BCUT2D eigenvalue weighted by Crippen LogP contribution is 2.31. The van der Waals surface area contributed by atoms with Crippen molar-refractivity contribution in [2.24, 2.45) is 0 Å². The maximum atomic E-state index is 11.5. The van der Waals surface area contributed by atoms with Crippen LogP contribution >= 0.6 is 11.6 Å². The summed E-state index contributed by atoms with van der Waals surface area (Å²) < 4.78 is 0. The third-order valence-corrected chi connectivity index (χ3v) is 5.48. The fraction of sp³-hybridized carbons (Fsp3) is 0.286. The van der Waals surface area contributed by atoms with Gasteiger partial charge in [0, 0.05) is 30.0 Å². The Morgan fingerprint density at radius 2 is 2.23 bits per heavy atom. The van der Waals surface area contributed by atoms with E-state index < -0.39 is 0 Å². The summed E-state index contributed by atoms with van der Waals surface area (Å²) in [6.07, 6.45) is 2.69. The quantitative estimate of drug-likeness (QED) is 0.462. The van der Waals surface area contributed by atoms with Crippen LogP contribution in [0.5, 0.6) is 0 Å². The number of amides is 1. The first kappa shape index (κ1) is 20.6. The summed E-state index contributed by atoms with van der Waals surface area (Å²) >= 11 is 6.36. The molecule has 0 aliphatic carbocycles. The Bertz CT molecular complexity index is 1190. The molecule has 0 bridgehead atoms. The number of hydrogen-bond acceptors (Lipinski definition) is 8. The van der Waals surface area contributed by atoms with E-state index in [1.54, 1.807) is 6.07 Å². The molecule has 2 aromatic heterocycles. The molecule has 31 heavy (non-hydrogen) atoms. The van der Waals surface area contributed by atoms with Gasteiger partial charge in [-0.05, 0) is 25.5 Å². The van der Waals surface area contributed by atoms with E-state index in [9.17, 15) is 10.1 Å². The molecule has 1 aromatic carbocycles. The first-order chi connectivity index (χ1) is 14.9. The molecule has 1 aliphatic rings. The van der Waals surface area contributed by atoms with Gasteiger partial charge in [-0.25, -0.2) is 9.97 Å². The number of para-hydroxylation sites is 1. The van der Waals surface area contributed by atoms with Crippen LogP contribution in [0.1, 0.15) is 36.9 Å². The van der Waals surface area contributed by atoms with Gasteiger partial charge in [-0.2, -0.15) is 10.2 Å². The number of pyridine rings is 1. The van der Waals surface area contributed by atoms with Crippen molar-refractivity contribution in [1.29, 1.82) is 5.26 Å². The number of carbonyl (C=O) groups is 1. The zero-order chi connectivity index (χ0) is 22.0. The molecule has 10 heteroatoms. The van der Waals surface area contributed by atoms with Crippen molar-refractivity contribution < 1.29 is 4.79 Å². The van der Waals surface area contributed by atoms with Crippen molar-refractivity contribution in [2.45, 2.75) is 31.8 Å². The highest BCUT2D eigenvalue weighted by molar-refractivity contribution is 6.35. The summed E-state index contributed by atoms with van der Waals surface area (Å²) in [7, 11) is 0. The van der Waals surface area contributed by atoms with Gasteiger partial charge in [0.2, 0.25) is 11.9 Å². The minimum atomic E-state index is -0.266. The second kappa shape index (κ2) is 8.62. The molecule has 9 nitrogen and oxygen atoms in total. The largest absolute Gasteiger partial charge is 0.368 e. The third-order valence-electron chi connectivity index (χ3n) is 5.17. The maximum absolute atomic E-state index is 11.5. The molecule has 0 unspecified atom stereocenters. The van der Waals surface area contributed by atoms with Gasteiger partial charge in [0.25, 0.3) is 0 Å². The number of nitrogen functional groups attached to an aromatic ring is 1. The maximum Gasteiger partial charge on any atom is 0.222 e. The first-order valence-corrected chi connectivity index (χ1v) is 10.2. The minimum absolute atomic E-state index is 0.0409. The molecule has 1 saturated heterocycles. The molecule has 0 spiro atoms. The van der Waals surface area contributed by atoms with E-state index in [2.05, 4.69) is 32.0 Å². The Labute approximate surface area is 184 Å². The number of nitriles is 1. The van der Waals surface area contributed by atoms with E-state index in [0.29, 0.717) is 40.7 Å². The van der Waals surface area contributed by atoms with Gasteiger partial charge in [0.05, 0.1) is 22.8 Å². The standard InChI is InChI=1S/C21H21ClN8O/c1-11(27-19-13(8-23)9-26-21(24)30-19)15-7-12-3-2-4-16(22)18(12)29-20(15)25-10-14-5-6-17(31)28-14/h2-4,7,9,11,14H,5-6,10H2,1H3,(H,25,29)(H,28,31)(H3,24,26,27,30)/t11-,14-/m0/s1. The van der Waals surface area contributed by atoms with Crippen LogP contribution < -0.4 is 21.7 Å². The second-order valence-corrected chi connectivity index (χ2v) is 7.80. The summed E-state index contributed by atoms with van der Waals surface area (Å²) in [6, 6.07) is 9.44. The van der Waals surface area contributed by atoms with Crippen LogP contribution in [-0.2, 0) is 4.79 Å². The summed E-state index contributed by atoms with van der Waals surface area (Å²) in [4.78, 5) is 24.3. The van der Waals surface area contributed by atoms with E-state index >= 15 is 0 Å². The molecule has 1 fully saturated rings. The third kappa shape index (κ3) is 4.44. The van der Waals surface area contributed by atoms with Crippen LogP contribution in [0.15, 0.2) is 30.5 Å². The van der Waals surface area contributed by atoms with Gasteiger partial charge in [0.1, 0.15) is 23.3 Å². The van der Waals surface area contributed by atoms with E-state index in [1.165, 1.54) is 6.20 Å². The molecule has 1 aliphatic heterocycles. The second-order valence-electron chi connectivity index (χ2n) is 7.39. The van der Waals surface area contributed by atoms with E-state index in [4.69, 9.17) is 22.3 Å². The molecular weight excluding hydrogens is 416 g/mol. The van der Waals surface area contributed by atoms with E-state index in [-0.39, 0.29) is 23.9 Å². The molecule has 5 N–H and O–H groups in total. The van der Waals surface area contributed by atoms with Gasteiger partial charge < -0.3 is 21.7 Å². The van der Waals surface area contributed by atoms with Gasteiger partial charge in [0.15, 0.2) is 0 Å². The van der Waals surface area contributed by atoms with Crippen molar-refractivity contribution in [1.82, 2.24) is 20.3 Å². The number of aromatic nitrogens is 3. The predicted molar refractivity (Wildman–Crippen MR) is 120 cm³/mol. The topological polar surface area (TPSA) is 142 Å². The lowest BCUT2D eigenvalue weighted by Crippen LogP contribution is -2.32. The number of carbonyl (C=O) groups excluding carboxylic acids is 1. The molecule has 0 saturated carbocycles. The predicted octanol–water partition coefficient (Wildman–Crippen LogP) is 3.00. The number of nitrogens with two attached hydrogens (primary N) is 1. The van der Waals surface area contributed by atoms with Crippen LogP contribution in [0.2, 0.25) is 5.02 Å². The van der Waals surface area contributed by atoms with Crippen molar-refractivity contribution in [3.63, 3.8) is 0 Å². The highest BCUT2D eigenvalue weighted by atomic mass is 35.5. The van der Waals surface area contributed by atoms with Crippen LogP contribution in [0.4, 0.5) is 17.6 Å². The van der Waals surface area contributed by atoms with Crippen LogP contribution in [0, 0.1) is 11.3 Å². The summed E-state index contributed by atoms with van der Waals surface area (Å²) in [6.45, 7) is 2.48. The molecule has 3 aromatic rings. The molecule has 2 atom stereocenters. The summed E-state index contributed by atoms with van der Waals surface area (Å²) in [5.41, 5.74) is 7.54. The number of nitrogens with one attached hydrogen (secondary N) is 3. The number of nitrogens with zero attached hydrogens (tertiary/aromatic N) is 4. The zero-order valence-electron chi connectivity index (χ0n) is 16.8. The molecular formula is C21H21ClN8O. The molecule has 4 rings (SSSR count). The summed E-state index contributed by atoms with van der Waals surface area (Å²) in [5, 5.41) is 20.3. The van der Waals surface area contributed by atoms with Gasteiger partial charge in [-0.15, -0.1) is 0 Å². The Morgan fingerprint density at radius 1 is 1.39 bits per heavy atom. The number of rotatable bonds is 6. The van der Waals surface area contributed by atoms with Gasteiger partial charge in [-0.3, -0.25) is 4.79 Å².